The quantitative estimate of drug-likeness (QED) is 0.0272. The number of unbranched alkanes of at least 4 members (excludes halogenated alkanes) is 40. The number of carbonyl (C=O) groups excluding carboxylic acids is 1. The summed E-state index contributed by atoms with van der Waals surface area (Å²) in [4.78, 5) is 25.6. The third-order valence-electron chi connectivity index (χ3n) is 16.3. The van der Waals surface area contributed by atoms with Crippen molar-refractivity contribution in [1.29, 1.82) is 0 Å². The van der Waals surface area contributed by atoms with Crippen molar-refractivity contribution >= 4 is 13.7 Å². The van der Waals surface area contributed by atoms with Crippen molar-refractivity contribution in [3.63, 3.8) is 0 Å². The molecular weight excluding hydrogens is 1080 g/mol. The lowest BCUT2D eigenvalue weighted by Gasteiger charge is -2.29. The van der Waals surface area contributed by atoms with E-state index in [1.54, 1.807) is 6.08 Å². The number of amides is 1. The third-order valence-corrected chi connectivity index (χ3v) is 17.2. The van der Waals surface area contributed by atoms with E-state index in [1.165, 1.54) is 238 Å². The summed E-state index contributed by atoms with van der Waals surface area (Å²) in [5.74, 6) is -0.204. The SMILES string of the molecule is CC/C=C\C/C=C\C/C=C\C/C=C\C/C=C\C/C=C\CCCCCCCCCCCCCCCCCCCCCCC(=O)NC(COP(=O)([O-])OCC[N+](C)(C)C)C(O)/C=C/CC/C=C/CCCCCCCCCCCCCCCCCCCCC. The number of phosphoric ester groups is 1. The first-order chi connectivity index (χ1) is 42.0. The Morgan fingerprint density at radius 2 is 0.721 bits per heavy atom. The lowest BCUT2D eigenvalue weighted by molar-refractivity contribution is -0.870. The van der Waals surface area contributed by atoms with Crippen molar-refractivity contribution in [2.45, 2.75) is 347 Å². The molecule has 500 valence electrons. The molecule has 0 saturated heterocycles. The van der Waals surface area contributed by atoms with Gasteiger partial charge in [-0.3, -0.25) is 9.36 Å². The van der Waals surface area contributed by atoms with Crippen LogP contribution in [0.4, 0.5) is 0 Å². The van der Waals surface area contributed by atoms with E-state index in [9.17, 15) is 19.4 Å². The molecule has 3 unspecified atom stereocenters. The topological polar surface area (TPSA) is 108 Å². The fraction of sp³-hybridized carbons (Fsp3) is 0.779. The number of nitrogens with one attached hydrogen (secondary N) is 1. The van der Waals surface area contributed by atoms with E-state index in [0.29, 0.717) is 17.4 Å². The maximum Gasteiger partial charge on any atom is 0.268 e. The number of likely N-dealkylation sites (N-methyl/N-ethyl adjacent to an activating group) is 1. The van der Waals surface area contributed by atoms with Crippen molar-refractivity contribution in [2.75, 3.05) is 40.9 Å². The Morgan fingerprint density at radius 3 is 1.08 bits per heavy atom. The molecule has 0 aromatic carbocycles. The van der Waals surface area contributed by atoms with Crippen molar-refractivity contribution in [2.24, 2.45) is 0 Å². The summed E-state index contributed by atoms with van der Waals surface area (Å²) in [5, 5.41) is 14.0. The zero-order chi connectivity index (χ0) is 62.6. The summed E-state index contributed by atoms with van der Waals surface area (Å²) < 4.78 is 23.5. The second kappa shape index (κ2) is 66.8. The van der Waals surface area contributed by atoms with E-state index in [1.807, 2.05) is 27.2 Å². The minimum atomic E-state index is -4.62. The standard InChI is InChI=1S/C77H141N2O6P/c1-6-8-10-12-14-16-18-20-22-24-26-28-30-32-33-34-35-36-37-38-39-40-41-42-43-44-45-47-49-51-53-55-57-59-61-63-65-67-69-71-77(81)78-75(74-85-86(82,83)84-73-72-79(3,4)5)76(80)70-68-66-64-62-60-58-56-54-52-50-48-46-31-29-27-25-23-21-19-17-15-13-11-9-7-2/h8,10,14,16,20,22,26,28,32-33,35-36,60,62,68,70,75-76,80H,6-7,9,11-13,15,17-19,21,23-25,27,29-31,34,37-59,61,63-67,69,71-74H2,1-5H3,(H-,78,81,82,83)/b10-8-,16-14-,22-20-,28-26-,33-32-,36-35-,62-60+,70-68+. The summed E-state index contributed by atoms with van der Waals surface area (Å²) in [5.41, 5.74) is 0. The Kier molecular flexibility index (Phi) is 64.8. The normalized spacial score (nSPS) is 14.2. The Hall–Kier alpha value is -2.58. The molecule has 1 amide bonds. The molecule has 0 spiro atoms. The van der Waals surface area contributed by atoms with Crippen LogP contribution >= 0.6 is 7.82 Å². The van der Waals surface area contributed by atoms with Crippen LogP contribution < -0.4 is 10.2 Å². The monoisotopic (exact) mass is 1220 g/mol. The Morgan fingerprint density at radius 1 is 0.419 bits per heavy atom. The first-order valence-corrected chi connectivity index (χ1v) is 38.1. The molecule has 0 radical (unpaired) electrons. The molecule has 0 aliphatic carbocycles. The number of carbonyl (C=O) groups is 1. The summed E-state index contributed by atoms with van der Waals surface area (Å²) >= 11 is 0. The van der Waals surface area contributed by atoms with Crippen LogP contribution in [0.15, 0.2) is 97.2 Å². The number of nitrogens with zero attached hydrogens (tertiary/aromatic N) is 1. The maximum absolute atomic E-state index is 13.0. The summed E-state index contributed by atoms with van der Waals surface area (Å²) in [6, 6.07) is -0.908. The molecule has 0 aromatic rings. The van der Waals surface area contributed by atoms with Gasteiger partial charge in [-0.1, -0.05) is 342 Å². The van der Waals surface area contributed by atoms with Crippen LogP contribution in [0.3, 0.4) is 0 Å². The van der Waals surface area contributed by atoms with Gasteiger partial charge < -0.3 is 28.8 Å². The van der Waals surface area contributed by atoms with Gasteiger partial charge in [0.05, 0.1) is 39.9 Å². The summed E-state index contributed by atoms with van der Waals surface area (Å²) in [6.07, 6.45) is 96.9. The first-order valence-electron chi connectivity index (χ1n) is 36.6. The van der Waals surface area contributed by atoms with Gasteiger partial charge in [0.25, 0.3) is 7.82 Å². The van der Waals surface area contributed by atoms with E-state index in [0.717, 1.165) is 77.0 Å². The number of aliphatic hydroxyl groups excluding tert-OH is 1. The zero-order valence-electron chi connectivity index (χ0n) is 57.3. The van der Waals surface area contributed by atoms with Gasteiger partial charge in [-0.2, -0.15) is 0 Å². The minimum Gasteiger partial charge on any atom is -0.756 e. The van der Waals surface area contributed by atoms with Gasteiger partial charge in [0.15, 0.2) is 0 Å². The van der Waals surface area contributed by atoms with Crippen molar-refractivity contribution in [3.8, 4) is 0 Å². The fourth-order valence-electron chi connectivity index (χ4n) is 10.6. The van der Waals surface area contributed by atoms with Gasteiger partial charge in [0.1, 0.15) is 13.2 Å². The molecule has 9 heteroatoms. The van der Waals surface area contributed by atoms with Crippen molar-refractivity contribution < 1.29 is 32.9 Å². The van der Waals surface area contributed by atoms with Gasteiger partial charge in [-0.25, -0.2) is 0 Å². The Balaban J connectivity index is 4.03. The predicted octanol–water partition coefficient (Wildman–Crippen LogP) is 23.0. The molecular formula is C77H141N2O6P. The maximum atomic E-state index is 13.0. The number of aliphatic hydroxyl groups is 1. The average molecular weight is 1220 g/mol. The van der Waals surface area contributed by atoms with Crippen LogP contribution in [0, 0.1) is 0 Å². The number of phosphoric acid groups is 1. The second-order valence-electron chi connectivity index (χ2n) is 25.9. The highest BCUT2D eigenvalue weighted by atomic mass is 31.2. The van der Waals surface area contributed by atoms with E-state index < -0.39 is 26.6 Å². The molecule has 8 nitrogen and oxygen atoms in total. The van der Waals surface area contributed by atoms with Crippen LogP contribution in [0.25, 0.3) is 0 Å². The van der Waals surface area contributed by atoms with Crippen LogP contribution in [0.2, 0.25) is 0 Å². The van der Waals surface area contributed by atoms with Gasteiger partial charge >= 0.3 is 0 Å². The first kappa shape index (κ1) is 83.4. The summed E-state index contributed by atoms with van der Waals surface area (Å²) in [6.45, 7) is 4.55. The lowest BCUT2D eigenvalue weighted by atomic mass is 10.0. The van der Waals surface area contributed by atoms with Gasteiger partial charge in [-0.05, 0) is 83.5 Å². The molecule has 0 heterocycles. The predicted molar refractivity (Wildman–Crippen MR) is 376 cm³/mol. The largest absolute Gasteiger partial charge is 0.756 e. The van der Waals surface area contributed by atoms with Crippen LogP contribution in [-0.4, -0.2) is 68.5 Å². The molecule has 0 rings (SSSR count). The number of hydrogen-bond acceptors (Lipinski definition) is 6. The molecule has 3 atom stereocenters. The van der Waals surface area contributed by atoms with E-state index >= 15 is 0 Å². The molecule has 0 aliphatic rings. The molecule has 0 aliphatic heterocycles. The minimum absolute atomic E-state index is 0.00750. The fourth-order valence-corrected chi connectivity index (χ4v) is 11.4. The van der Waals surface area contributed by atoms with Crippen molar-refractivity contribution in [3.05, 3.63) is 97.2 Å². The van der Waals surface area contributed by atoms with Crippen LogP contribution in [0.1, 0.15) is 335 Å². The highest BCUT2D eigenvalue weighted by Crippen LogP contribution is 2.38. The molecule has 0 fully saturated rings. The number of hydrogen-bond donors (Lipinski definition) is 2. The number of allylic oxidation sites excluding steroid dienone is 15. The Labute approximate surface area is 534 Å². The average Bonchev–Trinajstić information content (AvgIpc) is 3.70. The number of quaternary nitrogens is 1. The molecule has 86 heavy (non-hydrogen) atoms. The smallest absolute Gasteiger partial charge is 0.268 e. The molecule has 2 N–H and O–H groups in total. The highest BCUT2D eigenvalue weighted by Gasteiger charge is 2.23. The van der Waals surface area contributed by atoms with E-state index in [2.05, 4.69) is 104 Å². The van der Waals surface area contributed by atoms with Crippen LogP contribution in [0.5, 0.6) is 0 Å². The number of rotatable bonds is 67. The van der Waals surface area contributed by atoms with E-state index in [4.69, 9.17) is 9.05 Å². The highest BCUT2D eigenvalue weighted by molar-refractivity contribution is 7.45. The van der Waals surface area contributed by atoms with Gasteiger partial charge in [-0.15, -0.1) is 0 Å². The second-order valence-corrected chi connectivity index (χ2v) is 27.3. The van der Waals surface area contributed by atoms with Crippen LogP contribution in [-0.2, 0) is 18.4 Å². The molecule has 0 aromatic heterocycles. The Bertz CT molecular complexity index is 1730. The zero-order valence-corrected chi connectivity index (χ0v) is 58.1. The molecule has 0 saturated carbocycles. The van der Waals surface area contributed by atoms with Gasteiger partial charge in [0.2, 0.25) is 5.91 Å². The lowest BCUT2D eigenvalue weighted by Crippen LogP contribution is -2.45. The molecule has 0 bridgehead atoms. The summed E-state index contributed by atoms with van der Waals surface area (Å²) in [7, 11) is 1.25. The third kappa shape index (κ3) is 68.9. The van der Waals surface area contributed by atoms with E-state index in [-0.39, 0.29) is 12.5 Å². The van der Waals surface area contributed by atoms with Gasteiger partial charge in [0, 0.05) is 6.42 Å². The van der Waals surface area contributed by atoms with Crippen molar-refractivity contribution in [1.82, 2.24) is 5.32 Å².